The number of halogens is 3. The van der Waals surface area contributed by atoms with Gasteiger partial charge in [0.2, 0.25) is 0 Å². The fraction of sp³-hybridized carbons (Fsp3) is 0.222. The average Bonchev–Trinajstić information content (AvgIpc) is 2.55. The number of carbonyl (C=O) groups excluding carboxylic acids is 2. The second kappa shape index (κ2) is 7.90. The van der Waals surface area contributed by atoms with Gasteiger partial charge in [0.1, 0.15) is 12.0 Å². The van der Waals surface area contributed by atoms with Gasteiger partial charge < -0.3 is 15.4 Å². The Morgan fingerprint density at radius 1 is 1.12 bits per heavy atom. The van der Waals surface area contributed by atoms with Crippen molar-refractivity contribution in [2.75, 3.05) is 10.6 Å². The zero-order valence-electron chi connectivity index (χ0n) is 14.1. The molecule has 5 nitrogen and oxygen atoms in total. The number of aldehydes is 1. The zero-order chi connectivity index (χ0) is 19.3. The molecule has 0 aromatic heterocycles. The van der Waals surface area contributed by atoms with E-state index in [1.54, 1.807) is 32.0 Å². The summed E-state index contributed by atoms with van der Waals surface area (Å²) in [6.07, 6.45) is -4.23. The average molecular weight is 366 g/mol. The van der Waals surface area contributed by atoms with Gasteiger partial charge in [-0.1, -0.05) is 12.1 Å². The lowest BCUT2D eigenvalue weighted by atomic mass is 10.1. The summed E-state index contributed by atoms with van der Waals surface area (Å²) in [4.78, 5) is 22.9. The Morgan fingerprint density at radius 2 is 1.85 bits per heavy atom. The van der Waals surface area contributed by atoms with Crippen LogP contribution in [0.25, 0.3) is 0 Å². The summed E-state index contributed by atoms with van der Waals surface area (Å²) in [5.74, 6) is 0.116. The molecule has 2 N–H and O–H groups in total. The predicted octanol–water partition coefficient (Wildman–Crippen LogP) is 4.95. The number of anilines is 2. The molecule has 2 aromatic carbocycles. The van der Waals surface area contributed by atoms with E-state index >= 15 is 0 Å². The minimum atomic E-state index is -4.55. The molecular weight excluding hydrogens is 349 g/mol. The van der Waals surface area contributed by atoms with Crippen molar-refractivity contribution in [1.82, 2.24) is 0 Å². The first kappa shape index (κ1) is 19.3. The van der Waals surface area contributed by atoms with E-state index in [4.69, 9.17) is 4.74 Å². The SMILES string of the molecule is CC(C)Oc1ccc(C(F)(F)F)cc1NC(=O)Nc1cccc(C=O)c1. The smallest absolute Gasteiger partial charge is 0.416 e. The molecule has 0 heterocycles. The number of nitrogens with one attached hydrogen (secondary N) is 2. The summed E-state index contributed by atoms with van der Waals surface area (Å²) in [6, 6.07) is 8.18. The van der Waals surface area contributed by atoms with Crippen molar-refractivity contribution < 1.29 is 27.5 Å². The highest BCUT2D eigenvalue weighted by atomic mass is 19.4. The van der Waals surface area contributed by atoms with E-state index in [1.165, 1.54) is 6.07 Å². The normalized spacial score (nSPS) is 11.2. The van der Waals surface area contributed by atoms with Crippen molar-refractivity contribution in [1.29, 1.82) is 0 Å². The van der Waals surface area contributed by atoms with Crippen molar-refractivity contribution in [2.24, 2.45) is 0 Å². The van der Waals surface area contributed by atoms with E-state index in [0.717, 1.165) is 18.2 Å². The van der Waals surface area contributed by atoms with E-state index in [0.29, 0.717) is 17.5 Å². The molecule has 0 saturated heterocycles. The molecule has 138 valence electrons. The minimum Gasteiger partial charge on any atom is -0.489 e. The summed E-state index contributed by atoms with van der Waals surface area (Å²) >= 11 is 0. The predicted molar refractivity (Wildman–Crippen MR) is 91.7 cm³/mol. The monoisotopic (exact) mass is 366 g/mol. The molecule has 0 fully saturated rings. The number of hydrogen-bond acceptors (Lipinski definition) is 3. The van der Waals surface area contributed by atoms with Gasteiger partial charge in [-0.2, -0.15) is 13.2 Å². The first-order chi connectivity index (χ1) is 12.2. The number of ether oxygens (including phenoxy) is 1. The van der Waals surface area contributed by atoms with E-state index in [9.17, 15) is 22.8 Å². The molecule has 0 radical (unpaired) electrons. The van der Waals surface area contributed by atoms with Gasteiger partial charge >= 0.3 is 12.2 Å². The highest BCUT2D eigenvalue weighted by Crippen LogP contribution is 2.35. The van der Waals surface area contributed by atoms with Gasteiger partial charge in [-0.15, -0.1) is 0 Å². The fourth-order valence-electron chi connectivity index (χ4n) is 2.14. The van der Waals surface area contributed by atoms with Crippen LogP contribution in [0, 0.1) is 0 Å². The number of urea groups is 1. The van der Waals surface area contributed by atoms with Crippen LogP contribution in [-0.4, -0.2) is 18.4 Å². The summed E-state index contributed by atoms with van der Waals surface area (Å²) in [6.45, 7) is 3.43. The second-order valence-electron chi connectivity index (χ2n) is 5.70. The Kier molecular flexibility index (Phi) is 5.86. The van der Waals surface area contributed by atoms with Gasteiger partial charge in [0.15, 0.2) is 0 Å². The van der Waals surface area contributed by atoms with Crippen LogP contribution >= 0.6 is 0 Å². The van der Waals surface area contributed by atoms with E-state index in [2.05, 4.69) is 10.6 Å². The molecule has 26 heavy (non-hydrogen) atoms. The summed E-state index contributed by atoms with van der Waals surface area (Å²) in [7, 11) is 0. The maximum absolute atomic E-state index is 12.9. The van der Waals surface area contributed by atoms with Crippen molar-refractivity contribution in [3.63, 3.8) is 0 Å². The molecule has 0 atom stereocenters. The summed E-state index contributed by atoms with van der Waals surface area (Å²) in [5, 5.41) is 4.81. The first-order valence-electron chi connectivity index (χ1n) is 7.70. The van der Waals surface area contributed by atoms with Gasteiger partial charge in [0, 0.05) is 11.3 Å². The molecule has 2 aromatic rings. The van der Waals surface area contributed by atoms with Crippen LogP contribution in [0.5, 0.6) is 5.75 Å². The number of amides is 2. The van der Waals surface area contributed by atoms with Gasteiger partial charge in [0.05, 0.1) is 17.4 Å². The molecule has 0 unspecified atom stereocenters. The van der Waals surface area contributed by atoms with Gasteiger partial charge in [-0.25, -0.2) is 4.79 Å². The third-order valence-corrected chi connectivity index (χ3v) is 3.20. The number of hydrogen-bond donors (Lipinski definition) is 2. The van der Waals surface area contributed by atoms with Crippen LogP contribution in [-0.2, 0) is 6.18 Å². The maximum atomic E-state index is 12.9. The van der Waals surface area contributed by atoms with Crippen LogP contribution in [0.3, 0.4) is 0 Å². The lowest BCUT2D eigenvalue weighted by Crippen LogP contribution is -2.21. The van der Waals surface area contributed by atoms with Crippen LogP contribution in [0.1, 0.15) is 29.8 Å². The number of benzene rings is 2. The number of alkyl halides is 3. The Morgan fingerprint density at radius 3 is 2.46 bits per heavy atom. The molecular formula is C18H17F3N2O3. The third kappa shape index (κ3) is 5.23. The standard InChI is InChI=1S/C18H17F3N2O3/c1-11(2)26-16-7-6-13(18(19,20)21)9-15(16)23-17(25)22-14-5-3-4-12(8-14)10-24/h3-11H,1-2H3,(H2,22,23,25). The number of carbonyl (C=O) groups is 2. The van der Waals surface area contributed by atoms with Crippen molar-refractivity contribution in [3.05, 3.63) is 53.6 Å². The van der Waals surface area contributed by atoms with Crippen LogP contribution in [0.15, 0.2) is 42.5 Å². The molecule has 0 aliphatic rings. The van der Waals surface area contributed by atoms with Crippen molar-refractivity contribution in [3.8, 4) is 5.75 Å². The highest BCUT2D eigenvalue weighted by Gasteiger charge is 2.31. The topological polar surface area (TPSA) is 67.4 Å². The third-order valence-electron chi connectivity index (χ3n) is 3.20. The van der Waals surface area contributed by atoms with Crippen molar-refractivity contribution >= 4 is 23.7 Å². The van der Waals surface area contributed by atoms with E-state index in [-0.39, 0.29) is 17.5 Å². The summed E-state index contributed by atoms with van der Waals surface area (Å²) in [5.41, 5.74) is -0.347. The Bertz CT molecular complexity index is 805. The maximum Gasteiger partial charge on any atom is 0.416 e. The Labute approximate surface area is 148 Å². The summed E-state index contributed by atoms with van der Waals surface area (Å²) < 4.78 is 44.2. The van der Waals surface area contributed by atoms with E-state index < -0.39 is 17.8 Å². The molecule has 2 amide bonds. The van der Waals surface area contributed by atoms with E-state index in [1.807, 2.05) is 0 Å². The molecule has 0 bridgehead atoms. The minimum absolute atomic E-state index is 0.113. The van der Waals surface area contributed by atoms with Gasteiger partial charge in [-0.3, -0.25) is 4.79 Å². The number of rotatable bonds is 5. The fourth-order valence-corrected chi connectivity index (χ4v) is 2.14. The molecule has 0 aliphatic heterocycles. The zero-order valence-corrected chi connectivity index (χ0v) is 14.1. The van der Waals surface area contributed by atoms with Crippen LogP contribution in [0.4, 0.5) is 29.3 Å². The largest absolute Gasteiger partial charge is 0.489 e. The quantitative estimate of drug-likeness (QED) is 0.736. The lowest BCUT2D eigenvalue weighted by molar-refractivity contribution is -0.137. The van der Waals surface area contributed by atoms with Gasteiger partial charge in [0.25, 0.3) is 0 Å². The Hall–Kier alpha value is -3.03. The van der Waals surface area contributed by atoms with Gasteiger partial charge in [-0.05, 0) is 44.2 Å². The molecule has 2 rings (SSSR count). The Balaban J connectivity index is 2.24. The van der Waals surface area contributed by atoms with Crippen molar-refractivity contribution in [2.45, 2.75) is 26.1 Å². The highest BCUT2D eigenvalue weighted by molar-refractivity contribution is 6.01. The second-order valence-corrected chi connectivity index (χ2v) is 5.70. The molecule has 8 heteroatoms. The lowest BCUT2D eigenvalue weighted by Gasteiger charge is -2.17. The van der Waals surface area contributed by atoms with Crippen LogP contribution in [0.2, 0.25) is 0 Å². The molecule has 0 spiro atoms. The first-order valence-corrected chi connectivity index (χ1v) is 7.70. The molecule has 0 saturated carbocycles. The molecule has 0 aliphatic carbocycles. The van der Waals surface area contributed by atoms with Crippen LogP contribution < -0.4 is 15.4 Å².